The van der Waals surface area contributed by atoms with E-state index in [1.165, 1.54) is 24.7 Å². The minimum atomic E-state index is -0.693. The first kappa shape index (κ1) is 35.8. The van der Waals surface area contributed by atoms with Crippen molar-refractivity contribution in [3.05, 3.63) is 89.6 Å². The zero-order chi connectivity index (χ0) is 35.3. The van der Waals surface area contributed by atoms with Crippen LogP contribution in [0.2, 0.25) is 0 Å². The van der Waals surface area contributed by atoms with E-state index < -0.39 is 5.91 Å². The van der Waals surface area contributed by atoms with Crippen molar-refractivity contribution in [1.82, 2.24) is 20.8 Å². The number of rotatable bonds is 10. The van der Waals surface area contributed by atoms with Crippen molar-refractivity contribution in [2.75, 3.05) is 32.2 Å². The number of carbonyl (C=O) groups is 2. The predicted molar refractivity (Wildman–Crippen MR) is 179 cm³/mol. The summed E-state index contributed by atoms with van der Waals surface area (Å²) < 4.78 is 25.9. The largest absolute Gasteiger partial charge is 0.504 e. The van der Waals surface area contributed by atoms with E-state index in [1.54, 1.807) is 49.8 Å². The number of methoxy groups -OCH3 is 2. The van der Waals surface area contributed by atoms with E-state index in [0.29, 0.717) is 59.2 Å². The second kappa shape index (κ2) is 17.2. The molecule has 254 valence electrons. The predicted octanol–water partition coefficient (Wildman–Crippen LogP) is 4.52. The Morgan fingerprint density at radius 3 is 2.41 bits per heavy atom. The lowest BCUT2D eigenvalue weighted by atomic mass is 9.95. The molecule has 13 nitrogen and oxygen atoms in total. The van der Waals surface area contributed by atoms with Crippen molar-refractivity contribution in [2.24, 2.45) is 0 Å². The molecule has 1 amide bonds. The number of aromatic nitrogens is 2. The van der Waals surface area contributed by atoms with E-state index >= 15 is 0 Å². The highest BCUT2D eigenvalue weighted by atomic mass is 19.1. The standard InChI is InChI=1S/C34H33FN6O5.CH2O2/c1-45-30-9-7-22(16-29(30)42)27-20-39-34(33(46-2)32(27)24-6-8-26(17-36)38-19-24)41-13-11-25(12-14-41)37-18-23-5-3-21(15-28(23)35)4-10-31(43)40-44;2-1-3/h3-10,15-16,19-20,25,37,42,44H,11-14,18H2,1-2H3,(H,40,43);1H,(H,2,3)/b10-4+;. The van der Waals surface area contributed by atoms with Gasteiger partial charge in [-0.05, 0) is 60.4 Å². The molecule has 0 atom stereocenters. The number of benzene rings is 2. The maximum Gasteiger partial charge on any atom is 0.290 e. The van der Waals surface area contributed by atoms with E-state index in [1.807, 2.05) is 18.2 Å². The fraction of sp³-hybridized carbons (Fsp3) is 0.229. The Bertz CT molecular complexity index is 1840. The summed E-state index contributed by atoms with van der Waals surface area (Å²) in [6.07, 6.45) is 7.47. The Morgan fingerprint density at radius 2 is 1.82 bits per heavy atom. The van der Waals surface area contributed by atoms with Crippen molar-refractivity contribution in [1.29, 1.82) is 5.26 Å². The van der Waals surface area contributed by atoms with E-state index in [2.05, 4.69) is 15.2 Å². The Hall–Kier alpha value is -6.04. The van der Waals surface area contributed by atoms with Crippen LogP contribution in [0.15, 0.2) is 67.0 Å². The minimum absolute atomic E-state index is 0.0127. The number of nitrogens with one attached hydrogen (secondary N) is 2. The van der Waals surface area contributed by atoms with Gasteiger partial charge in [-0.3, -0.25) is 14.8 Å². The summed E-state index contributed by atoms with van der Waals surface area (Å²) in [6.45, 7) is 1.44. The first-order valence-electron chi connectivity index (χ1n) is 15.0. The topological polar surface area (TPSA) is 190 Å². The average molecular weight is 671 g/mol. The summed E-state index contributed by atoms with van der Waals surface area (Å²) in [5.41, 5.74) is 5.65. The molecular formula is C35H35FN6O7. The number of hydroxylamine groups is 1. The van der Waals surface area contributed by atoms with Crippen LogP contribution in [0, 0.1) is 17.1 Å². The number of hydrogen-bond donors (Lipinski definition) is 5. The number of nitrogens with zero attached hydrogens (tertiary/aromatic N) is 4. The normalized spacial score (nSPS) is 12.8. The minimum Gasteiger partial charge on any atom is -0.504 e. The number of hydrogen-bond acceptors (Lipinski definition) is 11. The van der Waals surface area contributed by atoms with Crippen molar-refractivity contribution in [2.45, 2.75) is 25.4 Å². The fourth-order valence-corrected chi connectivity index (χ4v) is 5.44. The molecule has 0 aliphatic carbocycles. The van der Waals surface area contributed by atoms with Gasteiger partial charge in [-0.25, -0.2) is 19.8 Å². The molecule has 3 heterocycles. The number of anilines is 1. The van der Waals surface area contributed by atoms with Gasteiger partial charge in [0.1, 0.15) is 17.6 Å². The Morgan fingerprint density at radius 1 is 1.08 bits per heavy atom. The maximum absolute atomic E-state index is 14.7. The Labute approximate surface area is 281 Å². The van der Waals surface area contributed by atoms with Crippen LogP contribution in [0.4, 0.5) is 10.2 Å². The van der Waals surface area contributed by atoms with Crippen molar-refractivity contribution in [3.8, 4) is 45.6 Å². The molecule has 1 aliphatic heterocycles. The monoisotopic (exact) mass is 670 g/mol. The summed E-state index contributed by atoms with van der Waals surface area (Å²) in [6, 6.07) is 15.5. The number of nitriles is 1. The number of pyridine rings is 2. The van der Waals surface area contributed by atoms with Gasteiger partial charge in [0.05, 0.1) is 14.2 Å². The fourth-order valence-electron chi connectivity index (χ4n) is 5.44. The first-order chi connectivity index (χ1) is 23.8. The lowest BCUT2D eigenvalue weighted by molar-refractivity contribution is -0.124. The number of piperidine rings is 1. The van der Waals surface area contributed by atoms with E-state index in [9.17, 15) is 19.6 Å². The number of carboxylic acid groups (broad SMARTS) is 1. The number of phenols is 1. The summed E-state index contributed by atoms with van der Waals surface area (Å²) >= 11 is 0. The van der Waals surface area contributed by atoms with E-state index in [0.717, 1.165) is 30.0 Å². The molecule has 1 fully saturated rings. The molecular weight excluding hydrogens is 635 g/mol. The summed E-state index contributed by atoms with van der Waals surface area (Å²) in [5, 5.41) is 38.7. The van der Waals surface area contributed by atoms with Crippen LogP contribution in [0.3, 0.4) is 0 Å². The highest BCUT2D eigenvalue weighted by Gasteiger charge is 2.27. The Kier molecular flexibility index (Phi) is 12.6. The summed E-state index contributed by atoms with van der Waals surface area (Å²) in [5.74, 6) is 0.452. The van der Waals surface area contributed by atoms with Crippen LogP contribution < -0.4 is 25.2 Å². The van der Waals surface area contributed by atoms with Gasteiger partial charge in [0, 0.05) is 66.4 Å². The molecule has 0 radical (unpaired) electrons. The van der Waals surface area contributed by atoms with Gasteiger partial charge in [-0.15, -0.1) is 0 Å². The molecule has 2 aromatic carbocycles. The molecule has 5 rings (SSSR count). The highest BCUT2D eigenvalue weighted by Crippen LogP contribution is 2.45. The molecule has 0 saturated carbocycles. The van der Waals surface area contributed by atoms with E-state index in [-0.39, 0.29) is 29.8 Å². The van der Waals surface area contributed by atoms with Crippen LogP contribution >= 0.6 is 0 Å². The van der Waals surface area contributed by atoms with Crippen LogP contribution in [-0.4, -0.2) is 71.1 Å². The zero-order valence-corrected chi connectivity index (χ0v) is 26.8. The molecule has 14 heteroatoms. The maximum atomic E-state index is 14.7. The third-order valence-corrected chi connectivity index (χ3v) is 7.87. The molecule has 2 aromatic heterocycles. The molecule has 0 spiro atoms. The van der Waals surface area contributed by atoms with Gasteiger partial charge in [-0.2, -0.15) is 5.26 Å². The summed E-state index contributed by atoms with van der Waals surface area (Å²) in [4.78, 5) is 30.8. The van der Waals surface area contributed by atoms with Crippen LogP contribution in [0.5, 0.6) is 17.2 Å². The number of ether oxygens (including phenoxy) is 2. The van der Waals surface area contributed by atoms with Crippen molar-refractivity contribution >= 4 is 24.3 Å². The molecule has 4 aromatic rings. The molecule has 0 bridgehead atoms. The summed E-state index contributed by atoms with van der Waals surface area (Å²) in [7, 11) is 3.07. The molecule has 1 saturated heterocycles. The van der Waals surface area contributed by atoms with E-state index in [4.69, 9.17) is 29.6 Å². The second-order valence-corrected chi connectivity index (χ2v) is 10.7. The number of carbonyl (C=O) groups excluding carboxylic acids is 1. The van der Waals surface area contributed by atoms with Gasteiger partial charge >= 0.3 is 0 Å². The zero-order valence-electron chi connectivity index (χ0n) is 26.8. The quantitative estimate of drug-likeness (QED) is 0.0687. The van der Waals surface area contributed by atoms with Gasteiger partial charge in [0.25, 0.3) is 12.4 Å². The third-order valence-electron chi connectivity index (χ3n) is 7.87. The lowest BCUT2D eigenvalue weighted by Gasteiger charge is -2.34. The number of aromatic hydroxyl groups is 1. The molecule has 5 N–H and O–H groups in total. The number of amides is 1. The molecule has 49 heavy (non-hydrogen) atoms. The SMILES string of the molecule is COc1ccc(-c2cnc(N3CCC(NCc4ccc(/C=C/C(=O)NO)cc4F)CC3)c(OC)c2-c2ccc(C#N)nc2)cc1O.O=CO. The van der Waals surface area contributed by atoms with Gasteiger partial charge in [0.2, 0.25) is 0 Å². The van der Waals surface area contributed by atoms with Crippen molar-refractivity contribution < 1.29 is 38.9 Å². The second-order valence-electron chi connectivity index (χ2n) is 10.7. The number of phenolic OH excluding ortho intramolecular Hbond substituents is 1. The van der Waals surface area contributed by atoms with Gasteiger partial charge < -0.3 is 29.9 Å². The third kappa shape index (κ3) is 8.86. The Balaban J connectivity index is 0.00000174. The van der Waals surface area contributed by atoms with Crippen LogP contribution in [0.25, 0.3) is 28.3 Å². The first-order valence-corrected chi connectivity index (χ1v) is 15.0. The van der Waals surface area contributed by atoms with Gasteiger partial charge in [-0.1, -0.05) is 18.2 Å². The molecule has 0 unspecified atom stereocenters. The average Bonchev–Trinajstić information content (AvgIpc) is 3.13. The van der Waals surface area contributed by atoms with Gasteiger partial charge in [0.15, 0.2) is 23.1 Å². The smallest absolute Gasteiger partial charge is 0.290 e. The van der Waals surface area contributed by atoms with Crippen LogP contribution in [-0.2, 0) is 16.1 Å². The van der Waals surface area contributed by atoms with Crippen LogP contribution in [0.1, 0.15) is 29.7 Å². The lowest BCUT2D eigenvalue weighted by Crippen LogP contribution is -2.42. The van der Waals surface area contributed by atoms with Crippen molar-refractivity contribution in [3.63, 3.8) is 0 Å². The highest BCUT2D eigenvalue weighted by molar-refractivity contribution is 5.91. The number of halogens is 1. The molecule has 1 aliphatic rings.